The van der Waals surface area contributed by atoms with Gasteiger partial charge in [0.15, 0.2) is 6.29 Å². The first-order chi connectivity index (χ1) is 9.35. The van der Waals surface area contributed by atoms with E-state index in [2.05, 4.69) is 22.6 Å². The van der Waals surface area contributed by atoms with Gasteiger partial charge in [0.25, 0.3) is 0 Å². The highest BCUT2D eigenvalue weighted by molar-refractivity contribution is 14.1. The molecule has 116 valence electrons. The molecule has 0 rings (SSSR count). The fourth-order valence-corrected chi connectivity index (χ4v) is 2.77. The van der Waals surface area contributed by atoms with Crippen LogP contribution in [0.2, 0.25) is 0 Å². The number of halogens is 1. The molecule has 0 saturated carbocycles. The first-order valence-electron chi connectivity index (χ1n) is 8.14. The Kier molecular flexibility index (Phi) is 17.3. The number of alkyl halides is 1. The Bertz CT molecular complexity index is 159. The highest BCUT2D eigenvalue weighted by atomic mass is 127. The first kappa shape index (κ1) is 19.7. The molecule has 0 aliphatic heterocycles. The molecule has 0 aliphatic carbocycles. The molecule has 0 atom stereocenters. The van der Waals surface area contributed by atoms with Crippen LogP contribution >= 0.6 is 22.6 Å². The predicted molar refractivity (Wildman–Crippen MR) is 92.1 cm³/mol. The van der Waals surface area contributed by atoms with Gasteiger partial charge in [0.2, 0.25) is 0 Å². The van der Waals surface area contributed by atoms with E-state index in [1.54, 1.807) is 0 Å². The van der Waals surface area contributed by atoms with Crippen LogP contribution in [0.4, 0.5) is 0 Å². The maximum atomic E-state index is 5.54. The molecule has 0 saturated heterocycles. The quantitative estimate of drug-likeness (QED) is 0.156. The molecule has 0 amide bonds. The maximum absolute atomic E-state index is 5.54. The summed E-state index contributed by atoms with van der Waals surface area (Å²) in [4.78, 5) is 0. The Labute approximate surface area is 134 Å². The summed E-state index contributed by atoms with van der Waals surface area (Å²) in [6.07, 6.45) is 13.5. The smallest absolute Gasteiger partial charge is 0.157 e. The van der Waals surface area contributed by atoms with E-state index in [1.807, 2.05) is 13.8 Å². The van der Waals surface area contributed by atoms with Crippen LogP contribution in [-0.2, 0) is 9.47 Å². The Morgan fingerprint density at radius 1 is 0.684 bits per heavy atom. The maximum Gasteiger partial charge on any atom is 0.157 e. The summed E-state index contributed by atoms with van der Waals surface area (Å²) in [7, 11) is 0. The van der Waals surface area contributed by atoms with Gasteiger partial charge in [-0.15, -0.1) is 0 Å². The van der Waals surface area contributed by atoms with E-state index in [0.717, 1.165) is 19.6 Å². The lowest BCUT2D eigenvalue weighted by atomic mass is 10.1. The van der Waals surface area contributed by atoms with Gasteiger partial charge in [-0.2, -0.15) is 0 Å². The van der Waals surface area contributed by atoms with Gasteiger partial charge in [0.05, 0.1) is 0 Å². The zero-order valence-corrected chi connectivity index (χ0v) is 15.1. The van der Waals surface area contributed by atoms with Gasteiger partial charge in [-0.25, -0.2) is 0 Å². The molecule has 2 nitrogen and oxygen atoms in total. The van der Waals surface area contributed by atoms with Crippen molar-refractivity contribution >= 4 is 22.6 Å². The largest absolute Gasteiger partial charge is 0.353 e. The van der Waals surface area contributed by atoms with E-state index in [0.29, 0.717) is 0 Å². The van der Waals surface area contributed by atoms with Crippen LogP contribution in [0.3, 0.4) is 0 Å². The number of hydrogen-bond acceptors (Lipinski definition) is 2. The SMILES string of the molecule is CCOC(CCCCCCCCCCCI)OCC. The topological polar surface area (TPSA) is 18.5 Å². The Morgan fingerprint density at radius 2 is 1.11 bits per heavy atom. The number of rotatable bonds is 15. The lowest BCUT2D eigenvalue weighted by Gasteiger charge is -2.16. The lowest BCUT2D eigenvalue weighted by Crippen LogP contribution is -2.17. The second-order valence-electron chi connectivity index (χ2n) is 5.00. The second kappa shape index (κ2) is 16.7. The molecule has 0 bridgehead atoms. The van der Waals surface area contributed by atoms with Crippen molar-refractivity contribution < 1.29 is 9.47 Å². The van der Waals surface area contributed by atoms with Crippen molar-refractivity contribution in [1.29, 1.82) is 0 Å². The number of hydrogen-bond donors (Lipinski definition) is 0. The summed E-state index contributed by atoms with van der Waals surface area (Å²) < 4.78 is 12.4. The van der Waals surface area contributed by atoms with Crippen molar-refractivity contribution in [2.24, 2.45) is 0 Å². The van der Waals surface area contributed by atoms with Crippen molar-refractivity contribution in [3.05, 3.63) is 0 Å². The van der Waals surface area contributed by atoms with Crippen LogP contribution in [0, 0.1) is 0 Å². The van der Waals surface area contributed by atoms with Crippen molar-refractivity contribution in [2.75, 3.05) is 17.6 Å². The molecule has 0 N–H and O–H groups in total. The van der Waals surface area contributed by atoms with E-state index < -0.39 is 0 Å². The number of unbranched alkanes of at least 4 members (excludes halogenated alkanes) is 8. The van der Waals surface area contributed by atoms with Crippen LogP contribution < -0.4 is 0 Å². The molecule has 0 heterocycles. The van der Waals surface area contributed by atoms with Gasteiger partial charge in [-0.3, -0.25) is 0 Å². The zero-order chi connectivity index (χ0) is 14.2. The summed E-state index contributed by atoms with van der Waals surface area (Å²) in [5.74, 6) is 0. The molecule has 0 aromatic rings. The number of ether oxygens (including phenoxy) is 2. The Balaban J connectivity index is 3.20. The van der Waals surface area contributed by atoms with E-state index in [4.69, 9.17) is 9.47 Å². The average molecular weight is 384 g/mol. The first-order valence-corrected chi connectivity index (χ1v) is 9.66. The normalized spacial score (nSPS) is 11.4. The molecule has 0 spiro atoms. The van der Waals surface area contributed by atoms with Gasteiger partial charge < -0.3 is 9.47 Å². The summed E-state index contributed by atoms with van der Waals surface area (Å²) in [6, 6.07) is 0. The molecule has 0 aliphatic rings. The van der Waals surface area contributed by atoms with Gasteiger partial charge in [-0.1, -0.05) is 67.5 Å². The highest BCUT2D eigenvalue weighted by Crippen LogP contribution is 2.13. The molecule has 0 radical (unpaired) electrons. The van der Waals surface area contributed by atoms with Gasteiger partial charge in [0, 0.05) is 13.2 Å². The molecule has 0 fully saturated rings. The third-order valence-electron chi connectivity index (χ3n) is 3.28. The Morgan fingerprint density at radius 3 is 1.53 bits per heavy atom. The van der Waals surface area contributed by atoms with Crippen LogP contribution in [0.5, 0.6) is 0 Å². The zero-order valence-electron chi connectivity index (χ0n) is 13.0. The summed E-state index contributed by atoms with van der Waals surface area (Å²) in [5, 5.41) is 0. The summed E-state index contributed by atoms with van der Waals surface area (Å²) in [5.41, 5.74) is 0. The van der Waals surface area contributed by atoms with Crippen molar-refractivity contribution in [1.82, 2.24) is 0 Å². The van der Waals surface area contributed by atoms with Crippen LogP contribution in [0.1, 0.15) is 78.1 Å². The van der Waals surface area contributed by atoms with Gasteiger partial charge >= 0.3 is 0 Å². The van der Waals surface area contributed by atoms with E-state index >= 15 is 0 Å². The third kappa shape index (κ3) is 14.9. The molecule has 3 heteroatoms. The fourth-order valence-electron chi connectivity index (χ4n) is 2.23. The molecule has 19 heavy (non-hydrogen) atoms. The van der Waals surface area contributed by atoms with E-state index in [9.17, 15) is 0 Å². The predicted octanol–water partition coefficient (Wildman–Crippen LogP) is 5.72. The molecule has 0 aromatic heterocycles. The van der Waals surface area contributed by atoms with Crippen LogP contribution in [0.15, 0.2) is 0 Å². The average Bonchev–Trinajstić information content (AvgIpc) is 2.41. The van der Waals surface area contributed by atoms with Crippen LogP contribution in [0.25, 0.3) is 0 Å². The lowest BCUT2D eigenvalue weighted by molar-refractivity contribution is -0.140. The fraction of sp³-hybridized carbons (Fsp3) is 1.00. The van der Waals surface area contributed by atoms with E-state index in [1.165, 1.54) is 62.2 Å². The third-order valence-corrected chi connectivity index (χ3v) is 4.04. The second-order valence-corrected chi connectivity index (χ2v) is 6.08. The van der Waals surface area contributed by atoms with Crippen molar-refractivity contribution in [3.8, 4) is 0 Å². The molecular weight excluding hydrogens is 351 g/mol. The van der Waals surface area contributed by atoms with Crippen molar-refractivity contribution in [2.45, 2.75) is 84.3 Å². The van der Waals surface area contributed by atoms with Gasteiger partial charge in [0.1, 0.15) is 0 Å². The van der Waals surface area contributed by atoms with Crippen LogP contribution in [-0.4, -0.2) is 23.9 Å². The molecule has 0 unspecified atom stereocenters. The van der Waals surface area contributed by atoms with Crippen molar-refractivity contribution in [3.63, 3.8) is 0 Å². The Hall–Kier alpha value is 0.650. The highest BCUT2D eigenvalue weighted by Gasteiger charge is 2.06. The minimum atomic E-state index is 0.0308. The minimum Gasteiger partial charge on any atom is -0.353 e. The summed E-state index contributed by atoms with van der Waals surface area (Å²) in [6.45, 7) is 5.57. The standard InChI is InChI=1S/C16H33IO2/c1-3-18-16(19-4-2)14-12-10-8-6-5-7-9-11-13-15-17/h16H,3-15H2,1-2H3. The minimum absolute atomic E-state index is 0.0308. The molecular formula is C16H33IO2. The summed E-state index contributed by atoms with van der Waals surface area (Å²) >= 11 is 2.47. The molecule has 0 aromatic carbocycles. The van der Waals surface area contributed by atoms with E-state index in [-0.39, 0.29) is 6.29 Å². The van der Waals surface area contributed by atoms with Gasteiger partial charge in [-0.05, 0) is 37.5 Å². The monoisotopic (exact) mass is 384 g/mol.